The molecule has 0 bridgehead atoms. The highest BCUT2D eigenvalue weighted by molar-refractivity contribution is 5.91. The van der Waals surface area contributed by atoms with Crippen LogP contribution in [0.15, 0.2) is 30.5 Å². The number of pyridine rings is 1. The van der Waals surface area contributed by atoms with Crippen molar-refractivity contribution in [3.05, 3.63) is 30.5 Å². The predicted octanol–water partition coefficient (Wildman–Crippen LogP) is 5.23. The van der Waals surface area contributed by atoms with Gasteiger partial charge < -0.3 is 15.0 Å². The fraction of sp³-hybridized carbons (Fsp3) is 0.571. The van der Waals surface area contributed by atoms with Gasteiger partial charge in [-0.1, -0.05) is 33.3 Å². The standard InChI is InChI=1S/C21H33N3O.ClH/c1-5-6-12-24(16-17(2)3)13-8-11-22-20-15-19(25-4)14-18-9-7-10-23-21(18)20;/h7,9-10,14-15,17,22H,5-6,8,11-13,16H2,1-4H3;1H. The van der Waals surface area contributed by atoms with E-state index in [-0.39, 0.29) is 12.4 Å². The number of rotatable bonds is 11. The van der Waals surface area contributed by atoms with Gasteiger partial charge in [-0.3, -0.25) is 4.98 Å². The number of ether oxygens (including phenoxy) is 1. The second-order valence-corrected chi connectivity index (χ2v) is 7.08. The SMILES string of the molecule is CCCCN(CCCNc1cc(OC)cc2cccnc12)CC(C)C.Cl. The van der Waals surface area contributed by atoms with Gasteiger partial charge in [0.2, 0.25) is 0 Å². The smallest absolute Gasteiger partial charge is 0.121 e. The van der Waals surface area contributed by atoms with Crippen LogP contribution >= 0.6 is 12.4 Å². The Morgan fingerprint density at radius 2 is 1.96 bits per heavy atom. The molecule has 5 heteroatoms. The summed E-state index contributed by atoms with van der Waals surface area (Å²) in [4.78, 5) is 7.12. The number of hydrogen-bond acceptors (Lipinski definition) is 4. The molecule has 1 heterocycles. The van der Waals surface area contributed by atoms with Gasteiger partial charge in [0.1, 0.15) is 5.75 Å². The molecule has 4 nitrogen and oxygen atoms in total. The van der Waals surface area contributed by atoms with Crippen LogP contribution < -0.4 is 10.1 Å². The van der Waals surface area contributed by atoms with E-state index in [2.05, 4.69) is 42.0 Å². The monoisotopic (exact) mass is 379 g/mol. The molecule has 0 fully saturated rings. The van der Waals surface area contributed by atoms with Gasteiger partial charge in [-0.15, -0.1) is 12.4 Å². The molecule has 146 valence electrons. The van der Waals surface area contributed by atoms with E-state index in [0.29, 0.717) is 0 Å². The molecule has 1 N–H and O–H groups in total. The van der Waals surface area contributed by atoms with Gasteiger partial charge in [0, 0.05) is 30.7 Å². The molecule has 0 unspecified atom stereocenters. The lowest BCUT2D eigenvalue weighted by molar-refractivity contribution is 0.240. The van der Waals surface area contributed by atoms with Gasteiger partial charge in [0.25, 0.3) is 0 Å². The summed E-state index contributed by atoms with van der Waals surface area (Å²) >= 11 is 0. The van der Waals surface area contributed by atoms with E-state index in [4.69, 9.17) is 4.74 Å². The Morgan fingerprint density at radius 1 is 1.19 bits per heavy atom. The summed E-state index contributed by atoms with van der Waals surface area (Å²) in [6.45, 7) is 11.3. The maximum absolute atomic E-state index is 5.42. The Morgan fingerprint density at radius 3 is 2.65 bits per heavy atom. The van der Waals surface area contributed by atoms with Gasteiger partial charge in [0.15, 0.2) is 0 Å². The van der Waals surface area contributed by atoms with Gasteiger partial charge in [-0.25, -0.2) is 0 Å². The zero-order valence-corrected chi connectivity index (χ0v) is 17.4. The zero-order valence-electron chi connectivity index (χ0n) is 16.6. The number of benzene rings is 1. The first kappa shape index (κ1) is 22.5. The summed E-state index contributed by atoms with van der Waals surface area (Å²) in [5.41, 5.74) is 2.06. The first-order valence-corrected chi connectivity index (χ1v) is 9.53. The number of aromatic nitrogens is 1. The van der Waals surface area contributed by atoms with E-state index < -0.39 is 0 Å². The summed E-state index contributed by atoms with van der Waals surface area (Å²) < 4.78 is 5.42. The van der Waals surface area contributed by atoms with Crippen molar-refractivity contribution in [3.8, 4) is 5.75 Å². The highest BCUT2D eigenvalue weighted by atomic mass is 35.5. The Bertz CT molecular complexity index is 648. The van der Waals surface area contributed by atoms with E-state index in [9.17, 15) is 0 Å². The lowest BCUT2D eigenvalue weighted by atomic mass is 10.1. The molecule has 0 spiro atoms. The molecule has 0 saturated carbocycles. The average molecular weight is 380 g/mol. The first-order valence-electron chi connectivity index (χ1n) is 9.53. The van der Waals surface area contributed by atoms with Gasteiger partial charge in [-0.05, 0) is 44.0 Å². The third-order valence-electron chi connectivity index (χ3n) is 4.33. The van der Waals surface area contributed by atoms with Crippen LogP contribution in [-0.2, 0) is 0 Å². The molecule has 26 heavy (non-hydrogen) atoms. The fourth-order valence-corrected chi connectivity index (χ4v) is 3.14. The lowest BCUT2D eigenvalue weighted by Gasteiger charge is -2.24. The van der Waals surface area contributed by atoms with Crippen LogP contribution in [0.5, 0.6) is 5.75 Å². The molecule has 2 aromatic rings. The Labute approximate surface area is 164 Å². The number of nitrogens with one attached hydrogen (secondary N) is 1. The van der Waals surface area contributed by atoms with Crippen molar-refractivity contribution in [1.82, 2.24) is 9.88 Å². The van der Waals surface area contributed by atoms with Crippen LogP contribution in [0.1, 0.15) is 40.0 Å². The minimum absolute atomic E-state index is 0. The molecule has 0 saturated heterocycles. The van der Waals surface area contributed by atoms with Crippen LogP contribution in [0.3, 0.4) is 0 Å². The van der Waals surface area contributed by atoms with Crippen molar-refractivity contribution in [2.45, 2.75) is 40.0 Å². The highest BCUT2D eigenvalue weighted by Gasteiger charge is 2.08. The molecular formula is C21H34ClN3O. The number of methoxy groups -OCH3 is 1. The van der Waals surface area contributed by atoms with E-state index >= 15 is 0 Å². The van der Waals surface area contributed by atoms with E-state index in [1.54, 1.807) is 7.11 Å². The van der Waals surface area contributed by atoms with Crippen LogP contribution in [0.25, 0.3) is 10.9 Å². The summed E-state index contributed by atoms with van der Waals surface area (Å²) in [5, 5.41) is 4.66. The van der Waals surface area contributed by atoms with Crippen molar-refractivity contribution in [2.24, 2.45) is 5.92 Å². The van der Waals surface area contributed by atoms with Crippen molar-refractivity contribution in [3.63, 3.8) is 0 Å². The van der Waals surface area contributed by atoms with Crippen molar-refractivity contribution in [2.75, 3.05) is 38.6 Å². The third-order valence-corrected chi connectivity index (χ3v) is 4.33. The van der Waals surface area contributed by atoms with Crippen LogP contribution in [0.4, 0.5) is 5.69 Å². The largest absolute Gasteiger partial charge is 0.497 e. The Kier molecular flexibility index (Phi) is 10.4. The second kappa shape index (κ2) is 12.0. The van der Waals surface area contributed by atoms with E-state index in [1.165, 1.54) is 25.9 Å². The molecule has 0 amide bonds. The molecule has 1 aromatic carbocycles. The van der Waals surface area contributed by atoms with Gasteiger partial charge in [0.05, 0.1) is 18.3 Å². The zero-order chi connectivity index (χ0) is 18.1. The number of hydrogen-bond donors (Lipinski definition) is 1. The Balaban J connectivity index is 0.00000338. The molecule has 0 aliphatic carbocycles. The lowest BCUT2D eigenvalue weighted by Crippen LogP contribution is -2.30. The number of fused-ring (bicyclic) bond motifs is 1. The van der Waals surface area contributed by atoms with Crippen molar-refractivity contribution < 1.29 is 4.74 Å². The maximum atomic E-state index is 5.42. The summed E-state index contributed by atoms with van der Waals surface area (Å²) in [6, 6.07) is 8.11. The molecular weight excluding hydrogens is 346 g/mol. The summed E-state index contributed by atoms with van der Waals surface area (Å²) in [5.74, 6) is 1.59. The van der Waals surface area contributed by atoms with Crippen LogP contribution in [0.2, 0.25) is 0 Å². The van der Waals surface area contributed by atoms with Crippen molar-refractivity contribution in [1.29, 1.82) is 0 Å². The quantitative estimate of drug-likeness (QED) is 0.543. The average Bonchev–Trinajstić information content (AvgIpc) is 2.62. The number of unbranched alkanes of at least 4 members (excludes halogenated alkanes) is 1. The van der Waals surface area contributed by atoms with Crippen LogP contribution in [0, 0.1) is 5.92 Å². The minimum Gasteiger partial charge on any atom is -0.497 e. The fourth-order valence-electron chi connectivity index (χ4n) is 3.14. The maximum Gasteiger partial charge on any atom is 0.121 e. The number of nitrogens with zero attached hydrogens (tertiary/aromatic N) is 2. The minimum atomic E-state index is 0. The third kappa shape index (κ3) is 7.00. The molecule has 0 aliphatic heterocycles. The first-order chi connectivity index (χ1) is 12.1. The Hall–Kier alpha value is -1.52. The topological polar surface area (TPSA) is 37.4 Å². The normalized spacial score (nSPS) is 11.0. The molecule has 0 radical (unpaired) electrons. The molecule has 2 rings (SSSR count). The van der Waals surface area contributed by atoms with Crippen LogP contribution in [-0.4, -0.2) is 43.2 Å². The van der Waals surface area contributed by atoms with Crippen molar-refractivity contribution >= 4 is 29.0 Å². The highest BCUT2D eigenvalue weighted by Crippen LogP contribution is 2.27. The summed E-state index contributed by atoms with van der Waals surface area (Å²) in [6.07, 6.45) is 5.51. The van der Waals surface area contributed by atoms with E-state index in [1.807, 2.05) is 24.4 Å². The summed E-state index contributed by atoms with van der Waals surface area (Å²) in [7, 11) is 1.71. The van der Waals surface area contributed by atoms with E-state index in [0.717, 1.165) is 47.8 Å². The van der Waals surface area contributed by atoms with Gasteiger partial charge in [-0.2, -0.15) is 0 Å². The van der Waals surface area contributed by atoms with Gasteiger partial charge >= 0.3 is 0 Å². The molecule has 1 aromatic heterocycles. The molecule has 0 aliphatic rings. The number of halogens is 1. The molecule has 0 atom stereocenters. The predicted molar refractivity (Wildman–Crippen MR) is 115 cm³/mol. The number of anilines is 1. The second-order valence-electron chi connectivity index (χ2n) is 7.08.